The van der Waals surface area contributed by atoms with E-state index in [1.807, 2.05) is 32.9 Å². The highest BCUT2D eigenvalue weighted by molar-refractivity contribution is 9.10. The smallest absolute Gasteiger partial charge is 0.407 e. The Balaban J connectivity index is 2.51. The van der Waals surface area contributed by atoms with Gasteiger partial charge in [-0.2, -0.15) is 0 Å². The summed E-state index contributed by atoms with van der Waals surface area (Å²) < 4.78 is 5.94. The van der Waals surface area contributed by atoms with Gasteiger partial charge >= 0.3 is 6.09 Å². The van der Waals surface area contributed by atoms with Crippen molar-refractivity contribution in [2.45, 2.75) is 26.4 Å². The number of carbonyl (C=O) groups is 2. The first-order chi connectivity index (χ1) is 9.30. The molecule has 5 heteroatoms. The molecule has 0 unspecified atom stereocenters. The summed E-state index contributed by atoms with van der Waals surface area (Å²) in [5.74, 6) is 0. The van der Waals surface area contributed by atoms with Crippen LogP contribution in [0.3, 0.4) is 0 Å². The molecule has 0 aromatic heterocycles. The number of alkyl carbamates (subject to hydrolysis) is 1. The van der Waals surface area contributed by atoms with Crippen LogP contribution in [0.25, 0.3) is 6.08 Å². The zero-order valence-corrected chi connectivity index (χ0v) is 13.4. The predicted octanol–water partition coefficient (Wildman–Crippen LogP) is 3.80. The van der Waals surface area contributed by atoms with Crippen molar-refractivity contribution in [1.29, 1.82) is 0 Å². The highest BCUT2D eigenvalue weighted by Gasteiger charge is 2.14. The number of halogens is 1. The second kappa shape index (κ2) is 7.24. The van der Waals surface area contributed by atoms with Crippen LogP contribution >= 0.6 is 15.9 Å². The van der Waals surface area contributed by atoms with E-state index >= 15 is 0 Å². The van der Waals surface area contributed by atoms with Gasteiger partial charge in [-0.1, -0.05) is 28.1 Å². The molecular weight excluding hydrogens is 322 g/mol. The van der Waals surface area contributed by atoms with E-state index in [0.29, 0.717) is 12.1 Å². The molecule has 0 aliphatic heterocycles. The van der Waals surface area contributed by atoms with E-state index in [2.05, 4.69) is 21.2 Å². The molecule has 0 heterocycles. The van der Waals surface area contributed by atoms with Crippen LogP contribution in [-0.4, -0.2) is 24.5 Å². The molecule has 0 aliphatic rings. The van der Waals surface area contributed by atoms with Gasteiger partial charge in [-0.25, -0.2) is 4.79 Å². The third-order valence-electron chi connectivity index (χ3n) is 2.15. The van der Waals surface area contributed by atoms with Crippen molar-refractivity contribution in [2.24, 2.45) is 0 Å². The molecule has 0 fully saturated rings. The molecule has 0 saturated carbocycles. The van der Waals surface area contributed by atoms with Crippen LogP contribution in [-0.2, 0) is 4.74 Å². The van der Waals surface area contributed by atoms with Crippen LogP contribution in [0.5, 0.6) is 0 Å². The molecule has 0 bridgehead atoms. The molecule has 0 radical (unpaired) electrons. The quantitative estimate of drug-likeness (QED) is 0.849. The fourth-order valence-corrected chi connectivity index (χ4v) is 1.98. The Labute approximate surface area is 127 Å². The standard InChI is InChI=1S/C15H18BrNO3/c1-15(2,3)20-14(19)17-6-4-5-11-7-12(10-18)9-13(16)8-11/h4-5,7-10H,6H2,1-3H3,(H,17,19). The normalized spacial score (nSPS) is 11.4. The summed E-state index contributed by atoms with van der Waals surface area (Å²) in [7, 11) is 0. The van der Waals surface area contributed by atoms with Crippen molar-refractivity contribution in [1.82, 2.24) is 5.32 Å². The number of aldehydes is 1. The molecule has 108 valence electrons. The SMILES string of the molecule is CC(C)(C)OC(=O)NCC=Cc1cc(Br)cc(C=O)c1. The van der Waals surface area contributed by atoms with E-state index in [4.69, 9.17) is 4.74 Å². The maximum absolute atomic E-state index is 11.4. The Morgan fingerprint density at radius 1 is 1.30 bits per heavy atom. The van der Waals surface area contributed by atoms with Crippen LogP contribution < -0.4 is 5.32 Å². The van der Waals surface area contributed by atoms with E-state index in [1.165, 1.54) is 0 Å². The first-order valence-corrected chi connectivity index (χ1v) is 6.98. The summed E-state index contributed by atoms with van der Waals surface area (Å²) in [4.78, 5) is 22.1. The van der Waals surface area contributed by atoms with Crippen molar-refractivity contribution in [3.05, 3.63) is 39.9 Å². The highest BCUT2D eigenvalue weighted by Crippen LogP contribution is 2.15. The van der Waals surface area contributed by atoms with E-state index < -0.39 is 11.7 Å². The van der Waals surface area contributed by atoms with Gasteiger partial charge in [0.25, 0.3) is 0 Å². The fraction of sp³-hybridized carbons (Fsp3) is 0.333. The Kier molecular flexibility index (Phi) is 5.95. The van der Waals surface area contributed by atoms with E-state index in [0.717, 1.165) is 16.3 Å². The minimum atomic E-state index is -0.503. The van der Waals surface area contributed by atoms with Gasteiger partial charge in [0.15, 0.2) is 0 Å². The van der Waals surface area contributed by atoms with E-state index in [-0.39, 0.29) is 0 Å². The second-order valence-electron chi connectivity index (χ2n) is 5.22. The Hall–Kier alpha value is -1.62. The maximum atomic E-state index is 11.4. The van der Waals surface area contributed by atoms with Crippen molar-refractivity contribution in [3.63, 3.8) is 0 Å². The number of rotatable bonds is 4. The molecular formula is C15H18BrNO3. The summed E-state index contributed by atoms with van der Waals surface area (Å²) >= 11 is 3.34. The highest BCUT2D eigenvalue weighted by atomic mass is 79.9. The number of hydrogen-bond donors (Lipinski definition) is 1. The zero-order chi connectivity index (χ0) is 15.2. The lowest BCUT2D eigenvalue weighted by Crippen LogP contribution is -2.32. The summed E-state index contributed by atoms with van der Waals surface area (Å²) in [6.07, 6.45) is 3.96. The molecule has 1 rings (SSSR count). The predicted molar refractivity (Wildman–Crippen MR) is 82.8 cm³/mol. The average Bonchev–Trinajstić information content (AvgIpc) is 2.32. The van der Waals surface area contributed by atoms with Crippen molar-refractivity contribution >= 4 is 34.4 Å². The van der Waals surface area contributed by atoms with Gasteiger partial charge < -0.3 is 10.1 Å². The molecule has 4 nitrogen and oxygen atoms in total. The van der Waals surface area contributed by atoms with Gasteiger partial charge in [-0.15, -0.1) is 0 Å². The van der Waals surface area contributed by atoms with Crippen LogP contribution in [0.2, 0.25) is 0 Å². The van der Waals surface area contributed by atoms with Gasteiger partial charge in [0.05, 0.1) is 0 Å². The first-order valence-electron chi connectivity index (χ1n) is 6.19. The molecule has 1 aromatic rings. The zero-order valence-electron chi connectivity index (χ0n) is 11.8. The molecule has 20 heavy (non-hydrogen) atoms. The van der Waals surface area contributed by atoms with Gasteiger partial charge in [0.1, 0.15) is 11.9 Å². The average molecular weight is 340 g/mol. The van der Waals surface area contributed by atoms with Crippen molar-refractivity contribution < 1.29 is 14.3 Å². The third-order valence-corrected chi connectivity index (χ3v) is 2.61. The Morgan fingerprint density at radius 3 is 2.55 bits per heavy atom. The molecule has 0 saturated heterocycles. The molecule has 0 atom stereocenters. The van der Waals surface area contributed by atoms with Crippen LogP contribution in [0.15, 0.2) is 28.7 Å². The third kappa shape index (κ3) is 6.52. The fourth-order valence-electron chi connectivity index (χ4n) is 1.45. The monoisotopic (exact) mass is 339 g/mol. The minimum Gasteiger partial charge on any atom is -0.444 e. The Morgan fingerprint density at radius 2 is 1.95 bits per heavy atom. The lowest BCUT2D eigenvalue weighted by Gasteiger charge is -2.19. The molecule has 1 aromatic carbocycles. The number of ether oxygens (including phenoxy) is 1. The maximum Gasteiger partial charge on any atom is 0.407 e. The number of amides is 1. The van der Waals surface area contributed by atoms with Crippen molar-refractivity contribution in [2.75, 3.05) is 6.54 Å². The Bertz CT molecular complexity index is 518. The van der Waals surface area contributed by atoms with Crippen LogP contribution in [0.1, 0.15) is 36.7 Å². The van der Waals surface area contributed by atoms with Crippen molar-refractivity contribution in [3.8, 4) is 0 Å². The molecule has 1 amide bonds. The lowest BCUT2D eigenvalue weighted by molar-refractivity contribution is 0.0534. The van der Waals surface area contributed by atoms with Gasteiger partial charge in [-0.05, 0) is 44.5 Å². The molecule has 1 N–H and O–H groups in total. The summed E-state index contributed by atoms with van der Waals surface area (Å²) in [6, 6.07) is 5.39. The van der Waals surface area contributed by atoms with Gasteiger partial charge in [-0.3, -0.25) is 4.79 Å². The second-order valence-corrected chi connectivity index (χ2v) is 6.14. The van der Waals surface area contributed by atoms with E-state index in [9.17, 15) is 9.59 Å². The van der Waals surface area contributed by atoms with Gasteiger partial charge in [0, 0.05) is 16.6 Å². The van der Waals surface area contributed by atoms with Crippen LogP contribution in [0, 0.1) is 0 Å². The lowest BCUT2D eigenvalue weighted by atomic mass is 10.1. The number of benzene rings is 1. The first kappa shape index (κ1) is 16.4. The summed E-state index contributed by atoms with van der Waals surface area (Å²) in [6.45, 7) is 5.79. The number of nitrogens with one attached hydrogen (secondary N) is 1. The minimum absolute atomic E-state index is 0.359. The number of carbonyl (C=O) groups excluding carboxylic acids is 2. The van der Waals surface area contributed by atoms with Gasteiger partial charge in [0.2, 0.25) is 0 Å². The van der Waals surface area contributed by atoms with E-state index in [1.54, 1.807) is 18.2 Å². The number of hydrogen-bond acceptors (Lipinski definition) is 3. The summed E-state index contributed by atoms with van der Waals surface area (Å²) in [5, 5.41) is 2.62. The molecule has 0 aliphatic carbocycles. The van der Waals surface area contributed by atoms with Crippen LogP contribution in [0.4, 0.5) is 4.79 Å². The largest absolute Gasteiger partial charge is 0.444 e. The molecule has 0 spiro atoms. The topological polar surface area (TPSA) is 55.4 Å². The summed E-state index contributed by atoms with van der Waals surface area (Å²) in [5.41, 5.74) is 0.975.